The minimum atomic E-state index is -3.86. The van der Waals surface area contributed by atoms with Crippen molar-refractivity contribution in [2.45, 2.75) is 31.6 Å². The first-order valence-electron chi connectivity index (χ1n) is 9.41. The molecule has 2 saturated heterocycles. The average molecular weight is 445 g/mol. The number of benzene rings is 1. The highest BCUT2D eigenvalue weighted by Gasteiger charge is 2.42. The number of hydrogen-bond acceptors (Lipinski definition) is 7. The molecule has 0 N–H and O–H groups in total. The number of ether oxygens (including phenoxy) is 1. The highest BCUT2D eigenvalue weighted by molar-refractivity contribution is 7.94. The molecule has 0 aliphatic carbocycles. The number of rotatable bonds is 5. The van der Waals surface area contributed by atoms with Crippen LogP contribution < -0.4 is 4.31 Å². The number of esters is 1. The molecule has 2 unspecified atom stereocenters. The van der Waals surface area contributed by atoms with E-state index in [1.165, 1.54) is 35.5 Å². The zero-order valence-corrected chi connectivity index (χ0v) is 17.9. The number of carbonyl (C=O) groups excluding carboxylic acids is 2. The fraction of sp³-hybridized carbons (Fsp3) is 0.556. The summed E-state index contributed by atoms with van der Waals surface area (Å²) in [6, 6.07) is 5.19. The lowest BCUT2D eigenvalue weighted by molar-refractivity contribution is -0.149. The number of amides is 1. The fourth-order valence-electron chi connectivity index (χ4n) is 3.60. The Bertz CT molecular complexity index is 1000. The largest absolute Gasteiger partial charge is 0.466 e. The minimum absolute atomic E-state index is 0.0251. The Morgan fingerprint density at radius 2 is 1.90 bits per heavy atom. The van der Waals surface area contributed by atoms with Gasteiger partial charge in [-0.3, -0.25) is 9.59 Å². The number of anilines is 1. The predicted molar refractivity (Wildman–Crippen MR) is 105 cm³/mol. The van der Waals surface area contributed by atoms with Crippen molar-refractivity contribution < 1.29 is 31.2 Å². The van der Waals surface area contributed by atoms with E-state index in [0.717, 1.165) is 4.31 Å². The lowest BCUT2D eigenvalue weighted by Gasteiger charge is -2.30. The lowest BCUT2D eigenvalue weighted by Crippen LogP contribution is -2.42. The Kier molecular flexibility index (Phi) is 6.02. The maximum absolute atomic E-state index is 13.0. The van der Waals surface area contributed by atoms with Crippen molar-refractivity contribution in [3.8, 4) is 0 Å². The molecule has 1 aromatic carbocycles. The van der Waals surface area contributed by atoms with E-state index in [4.69, 9.17) is 4.74 Å². The van der Waals surface area contributed by atoms with Crippen molar-refractivity contribution in [3.05, 3.63) is 24.3 Å². The Morgan fingerprint density at radius 3 is 2.45 bits per heavy atom. The molecule has 2 atom stereocenters. The maximum atomic E-state index is 13.0. The number of carbonyl (C=O) groups is 2. The van der Waals surface area contributed by atoms with E-state index in [1.54, 1.807) is 6.92 Å². The third kappa shape index (κ3) is 4.17. The summed E-state index contributed by atoms with van der Waals surface area (Å²) in [6.07, 6.45) is 1.11. The first-order chi connectivity index (χ1) is 13.6. The zero-order chi connectivity index (χ0) is 21.4. The summed E-state index contributed by atoms with van der Waals surface area (Å²) in [6.45, 7) is 3.80. The molecule has 0 spiro atoms. The van der Waals surface area contributed by atoms with Gasteiger partial charge in [-0.1, -0.05) is 6.92 Å². The standard InChI is InChI=1S/C18H24N2O7S2/c1-3-27-18(22)14-5-4-10-19(11-14)29(25,26)16-8-6-15(7-9-16)20-17(21)13(2)12-28(20,23)24/h6-9,13-14H,3-5,10-12H2,1-2H3. The van der Waals surface area contributed by atoms with Gasteiger partial charge in [-0.2, -0.15) is 4.31 Å². The molecule has 2 heterocycles. The summed E-state index contributed by atoms with van der Waals surface area (Å²) in [5.41, 5.74) is 0.112. The van der Waals surface area contributed by atoms with Gasteiger partial charge >= 0.3 is 5.97 Å². The van der Waals surface area contributed by atoms with Crippen LogP contribution in [-0.4, -0.2) is 58.5 Å². The van der Waals surface area contributed by atoms with Gasteiger partial charge in [0, 0.05) is 13.1 Å². The van der Waals surface area contributed by atoms with Gasteiger partial charge in [-0.05, 0) is 44.0 Å². The molecule has 3 rings (SSSR count). The molecule has 0 radical (unpaired) electrons. The van der Waals surface area contributed by atoms with Crippen molar-refractivity contribution in [1.29, 1.82) is 0 Å². The van der Waals surface area contributed by atoms with Crippen LogP contribution in [0, 0.1) is 11.8 Å². The molecule has 2 aliphatic rings. The first kappa shape index (κ1) is 21.7. The summed E-state index contributed by atoms with van der Waals surface area (Å²) in [5, 5.41) is 0. The lowest BCUT2D eigenvalue weighted by atomic mass is 10.0. The van der Waals surface area contributed by atoms with E-state index in [-0.39, 0.29) is 36.0 Å². The second-order valence-electron chi connectivity index (χ2n) is 7.23. The quantitative estimate of drug-likeness (QED) is 0.621. The molecule has 160 valence electrons. The maximum Gasteiger partial charge on any atom is 0.310 e. The van der Waals surface area contributed by atoms with Gasteiger partial charge < -0.3 is 4.74 Å². The number of hydrogen-bond donors (Lipinski definition) is 0. The Labute approximate surface area is 170 Å². The van der Waals surface area contributed by atoms with E-state index < -0.39 is 43.8 Å². The summed E-state index contributed by atoms with van der Waals surface area (Å²) < 4.78 is 57.3. The zero-order valence-electron chi connectivity index (χ0n) is 16.3. The molecule has 1 amide bonds. The van der Waals surface area contributed by atoms with Gasteiger partial charge in [-0.25, -0.2) is 21.1 Å². The van der Waals surface area contributed by atoms with E-state index in [9.17, 15) is 26.4 Å². The van der Waals surface area contributed by atoms with Crippen molar-refractivity contribution >= 4 is 37.6 Å². The van der Waals surface area contributed by atoms with Gasteiger partial charge in [0.05, 0.1) is 34.8 Å². The molecule has 1 aromatic rings. The van der Waals surface area contributed by atoms with Gasteiger partial charge in [0.25, 0.3) is 0 Å². The minimum Gasteiger partial charge on any atom is -0.466 e. The van der Waals surface area contributed by atoms with Gasteiger partial charge in [0.1, 0.15) is 0 Å². The van der Waals surface area contributed by atoms with Crippen molar-refractivity contribution in [3.63, 3.8) is 0 Å². The Morgan fingerprint density at radius 1 is 1.24 bits per heavy atom. The van der Waals surface area contributed by atoms with Crippen LogP contribution in [0.25, 0.3) is 0 Å². The number of sulfonamides is 2. The molecule has 9 nitrogen and oxygen atoms in total. The third-order valence-corrected chi connectivity index (χ3v) is 8.82. The normalized spacial score (nSPS) is 25.2. The van der Waals surface area contributed by atoms with Crippen molar-refractivity contribution in [2.24, 2.45) is 11.8 Å². The molecule has 0 aromatic heterocycles. The molecular weight excluding hydrogens is 420 g/mol. The predicted octanol–water partition coefficient (Wildman–Crippen LogP) is 0.963. The topological polar surface area (TPSA) is 118 Å². The molecule has 11 heteroatoms. The average Bonchev–Trinajstić information content (AvgIpc) is 2.89. The number of nitrogens with zero attached hydrogens (tertiary/aromatic N) is 2. The highest BCUT2D eigenvalue weighted by atomic mass is 32.2. The highest BCUT2D eigenvalue weighted by Crippen LogP contribution is 2.30. The summed E-state index contributed by atoms with van der Waals surface area (Å²) in [5.74, 6) is -2.36. The molecular formula is C18H24N2O7S2. The molecule has 0 saturated carbocycles. The second-order valence-corrected chi connectivity index (χ2v) is 11.0. The van der Waals surface area contributed by atoms with E-state index in [0.29, 0.717) is 12.8 Å². The summed E-state index contributed by atoms with van der Waals surface area (Å²) in [4.78, 5) is 24.1. The van der Waals surface area contributed by atoms with Crippen LogP contribution in [0.4, 0.5) is 5.69 Å². The van der Waals surface area contributed by atoms with Gasteiger partial charge in [0.2, 0.25) is 26.0 Å². The fourth-order valence-corrected chi connectivity index (χ4v) is 6.95. The second kappa shape index (κ2) is 8.04. The number of piperidine rings is 1. The van der Waals surface area contributed by atoms with Crippen LogP contribution in [-0.2, 0) is 34.4 Å². The van der Waals surface area contributed by atoms with Crippen molar-refractivity contribution in [1.82, 2.24) is 4.31 Å². The molecule has 2 aliphatic heterocycles. The SMILES string of the molecule is CCOC(=O)C1CCCN(S(=O)(=O)c2ccc(N3C(=O)C(C)CS3(=O)=O)cc2)C1. The first-order valence-corrected chi connectivity index (χ1v) is 12.5. The van der Waals surface area contributed by atoms with Crippen LogP contribution in [0.1, 0.15) is 26.7 Å². The van der Waals surface area contributed by atoms with Crippen LogP contribution >= 0.6 is 0 Å². The van der Waals surface area contributed by atoms with Crippen molar-refractivity contribution in [2.75, 3.05) is 29.8 Å². The third-order valence-electron chi connectivity index (χ3n) is 5.07. The van der Waals surface area contributed by atoms with Crippen LogP contribution in [0.5, 0.6) is 0 Å². The molecule has 2 fully saturated rings. The summed E-state index contributed by atoms with van der Waals surface area (Å²) in [7, 11) is -7.62. The smallest absolute Gasteiger partial charge is 0.310 e. The monoisotopic (exact) mass is 444 g/mol. The van der Waals surface area contributed by atoms with Crippen LogP contribution in [0.2, 0.25) is 0 Å². The Balaban J connectivity index is 1.82. The van der Waals surface area contributed by atoms with E-state index in [2.05, 4.69) is 0 Å². The van der Waals surface area contributed by atoms with Gasteiger partial charge in [-0.15, -0.1) is 0 Å². The van der Waals surface area contributed by atoms with E-state index >= 15 is 0 Å². The van der Waals surface area contributed by atoms with Crippen LogP contribution in [0.3, 0.4) is 0 Å². The van der Waals surface area contributed by atoms with Crippen LogP contribution in [0.15, 0.2) is 29.2 Å². The molecule has 29 heavy (non-hydrogen) atoms. The Hall–Kier alpha value is -1.98. The van der Waals surface area contributed by atoms with E-state index in [1.807, 2.05) is 0 Å². The molecule has 0 bridgehead atoms. The van der Waals surface area contributed by atoms with Gasteiger partial charge in [0.15, 0.2) is 0 Å². The summed E-state index contributed by atoms with van der Waals surface area (Å²) >= 11 is 0.